The molecule has 5 nitrogen and oxygen atoms in total. The highest BCUT2D eigenvalue weighted by atomic mass is 16.2. The topological polar surface area (TPSA) is 59.0 Å². The molecule has 0 aliphatic heterocycles. The van der Waals surface area contributed by atoms with Gasteiger partial charge in [0, 0.05) is 36.9 Å². The molecule has 1 aliphatic carbocycles. The van der Waals surface area contributed by atoms with Gasteiger partial charge in [-0.2, -0.15) is 0 Å². The van der Waals surface area contributed by atoms with Gasteiger partial charge in [-0.1, -0.05) is 26.2 Å². The minimum Gasteiger partial charge on any atom is -0.338 e. The molecule has 24 heavy (non-hydrogen) atoms. The first-order valence-corrected chi connectivity index (χ1v) is 9.25. The molecule has 0 atom stereocenters. The van der Waals surface area contributed by atoms with E-state index in [4.69, 9.17) is 0 Å². The van der Waals surface area contributed by atoms with Crippen LogP contribution in [0.2, 0.25) is 0 Å². The van der Waals surface area contributed by atoms with E-state index in [-0.39, 0.29) is 6.03 Å². The average Bonchev–Trinajstić information content (AvgIpc) is 2.94. The molecule has 0 saturated heterocycles. The maximum atomic E-state index is 12.0. The Bertz CT molecular complexity index is 673. The van der Waals surface area contributed by atoms with Crippen LogP contribution in [-0.4, -0.2) is 28.2 Å². The highest BCUT2D eigenvalue weighted by Crippen LogP contribution is 2.20. The molecule has 0 unspecified atom stereocenters. The van der Waals surface area contributed by atoms with Crippen molar-refractivity contribution in [2.24, 2.45) is 0 Å². The Hall–Kier alpha value is -2.04. The van der Waals surface area contributed by atoms with Gasteiger partial charge in [-0.05, 0) is 43.4 Å². The van der Waals surface area contributed by atoms with Crippen LogP contribution in [0, 0.1) is 0 Å². The predicted molar refractivity (Wildman–Crippen MR) is 97.1 cm³/mol. The second kappa shape index (κ2) is 8.18. The number of nitrogens with zero attached hydrogens (tertiary/aromatic N) is 2. The highest BCUT2D eigenvalue weighted by molar-refractivity contribution is 5.80. The highest BCUT2D eigenvalue weighted by Gasteiger charge is 2.15. The normalized spacial score (nSPS) is 15.5. The first-order chi connectivity index (χ1) is 11.8. The molecule has 2 aromatic heterocycles. The van der Waals surface area contributed by atoms with Gasteiger partial charge in [0.1, 0.15) is 5.65 Å². The van der Waals surface area contributed by atoms with Crippen molar-refractivity contribution >= 4 is 17.1 Å². The first-order valence-electron chi connectivity index (χ1n) is 9.25. The van der Waals surface area contributed by atoms with E-state index in [1.165, 1.54) is 30.2 Å². The fraction of sp³-hybridized carbons (Fsp3) is 0.579. The molecule has 0 aromatic carbocycles. The van der Waals surface area contributed by atoms with Gasteiger partial charge in [-0.25, -0.2) is 9.78 Å². The molecule has 1 saturated carbocycles. The largest absolute Gasteiger partial charge is 0.338 e. The van der Waals surface area contributed by atoms with Crippen LogP contribution in [0.1, 0.15) is 51.0 Å². The molecule has 3 rings (SSSR count). The number of rotatable bonds is 6. The van der Waals surface area contributed by atoms with Gasteiger partial charge in [-0.15, -0.1) is 0 Å². The van der Waals surface area contributed by atoms with Crippen LogP contribution in [0.25, 0.3) is 11.0 Å². The zero-order valence-electron chi connectivity index (χ0n) is 14.6. The Balaban J connectivity index is 1.54. The summed E-state index contributed by atoms with van der Waals surface area (Å²) in [5.41, 5.74) is 2.30. The van der Waals surface area contributed by atoms with Crippen molar-refractivity contribution in [3.63, 3.8) is 0 Å². The van der Waals surface area contributed by atoms with Crippen LogP contribution in [-0.2, 0) is 13.0 Å². The number of amides is 2. The maximum Gasteiger partial charge on any atom is 0.315 e. The van der Waals surface area contributed by atoms with E-state index >= 15 is 0 Å². The quantitative estimate of drug-likeness (QED) is 0.851. The zero-order chi connectivity index (χ0) is 16.8. The summed E-state index contributed by atoms with van der Waals surface area (Å²) in [6.45, 7) is 3.80. The van der Waals surface area contributed by atoms with Crippen LogP contribution in [0.5, 0.6) is 0 Å². The molecule has 0 spiro atoms. The van der Waals surface area contributed by atoms with Crippen molar-refractivity contribution in [2.45, 2.75) is 64.5 Å². The number of fused-ring (bicyclic) bond motifs is 1. The monoisotopic (exact) mass is 328 g/mol. The lowest BCUT2D eigenvalue weighted by Gasteiger charge is -2.22. The van der Waals surface area contributed by atoms with Crippen LogP contribution in [0.3, 0.4) is 0 Å². The maximum absolute atomic E-state index is 12.0. The van der Waals surface area contributed by atoms with Crippen molar-refractivity contribution in [2.75, 3.05) is 6.54 Å². The molecule has 0 radical (unpaired) electrons. The fourth-order valence-electron chi connectivity index (χ4n) is 3.60. The Morgan fingerprint density at radius 2 is 2.17 bits per heavy atom. The second-order valence-corrected chi connectivity index (χ2v) is 6.71. The van der Waals surface area contributed by atoms with Gasteiger partial charge in [0.2, 0.25) is 0 Å². The Kier molecular flexibility index (Phi) is 5.72. The van der Waals surface area contributed by atoms with Crippen LogP contribution >= 0.6 is 0 Å². The minimum absolute atomic E-state index is 0.0303. The number of aryl methyl sites for hydroxylation is 1. The summed E-state index contributed by atoms with van der Waals surface area (Å²) in [5, 5.41) is 7.30. The molecular weight excluding hydrogens is 300 g/mol. The molecule has 1 fully saturated rings. The number of hydrogen-bond donors (Lipinski definition) is 2. The third-order valence-electron chi connectivity index (χ3n) is 4.80. The van der Waals surface area contributed by atoms with Crippen molar-refractivity contribution in [3.05, 3.63) is 30.1 Å². The molecule has 130 valence electrons. The Morgan fingerprint density at radius 1 is 1.33 bits per heavy atom. The van der Waals surface area contributed by atoms with E-state index < -0.39 is 0 Å². The van der Waals surface area contributed by atoms with E-state index in [0.29, 0.717) is 12.6 Å². The lowest BCUT2D eigenvalue weighted by atomic mass is 9.96. The number of urea groups is 1. The number of carbonyl (C=O) groups is 1. The third kappa shape index (κ3) is 4.08. The van der Waals surface area contributed by atoms with Gasteiger partial charge in [0.05, 0.1) is 0 Å². The zero-order valence-corrected chi connectivity index (χ0v) is 14.6. The van der Waals surface area contributed by atoms with E-state index in [2.05, 4.69) is 39.4 Å². The molecule has 1 aliphatic rings. The summed E-state index contributed by atoms with van der Waals surface area (Å²) >= 11 is 0. The summed E-state index contributed by atoms with van der Waals surface area (Å²) < 4.78 is 2.22. The number of carbonyl (C=O) groups excluding carboxylic acids is 1. The van der Waals surface area contributed by atoms with Crippen LogP contribution < -0.4 is 10.6 Å². The Labute approximate surface area is 143 Å². The summed E-state index contributed by atoms with van der Waals surface area (Å²) in [5.74, 6) is 0. The fourth-order valence-corrected chi connectivity index (χ4v) is 3.60. The smallest absolute Gasteiger partial charge is 0.315 e. The molecular formula is C19H28N4O. The van der Waals surface area contributed by atoms with Crippen molar-refractivity contribution in [1.82, 2.24) is 20.2 Å². The van der Waals surface area contributed by atoms with E-state index in [0.717, 1.165) is 37.9 Å². The van der Waals surface area contributed by atoms with Gasteiger partial charge in [-0.3, -0.25) is 0 Å². The number of nitrogens with one attached hydrogen (secondary N) is 2. The van der Waals surface area contributed by atoms with E-state index in [1.54, 1.807) is 0 Å². The molecule has 2 N–H and O–H groups in total. The summed E-state index contributed by atoms with van der Waals surface area (Å²) in [6, 6.07) is 4.42. The van der Waals surface area contributed by atoms with Gasteiger partial charge >= 0.3 is 6.03 Å². The van der Waals surface area contributed by atoms with Gasteiger partial charge < -0.3 is 15.2 Å². The molecule has 5 heteroatoms. The van der Waals surface area contributed by atoms with Crippen LogP contribution in [0.4, 0.5) is 4.79 Å². The second-order valence-electron chi connectivity index (χ2n) is 6.71. The van der Waals surface area contributed by atoms with Gasteiger partial charge in [0.25, 0.3) is 0 Å². The standard InChI is InChI=1S/C19H28N4O/c1-2-13-23-14-15(17-9-6-11-20-18(17)23)10-12-21-19(24)22-16-7-4-3-5-8-16/h6,9,11,14,16H,2-5,7-8,10,12-13H2,1H3,(H2,21,22,24). The Morgan fingerprint density at radius 3 is 2.96 bits per heavy atom. The molecule has 0 bridgehead atoms. The lowest BCUT2D eigenvalue weighted by Crippen LogP contribution is -2.43. The van der Waals surface area contributed by atoms with Crippen molar-refractivity contribution in [3.8, 4) is 0 Å². The number of pyridine rings is 1. The first kappa shape index (κ1) is 16.8. The third-order valence-corrected chi connectivity index (χ3v) is 4.80. The molecule has 2 aromatic rings. The van der Waals surface area contributed by atoms with E-state index in [9.17, 15) is 4.79 Å². The summed E-state index contributed by atoms with van der Waals surface area (Å²) in [6.07, 6.45) is 11.9. The minimum atomic E-state index is -0.0303. The lowest BCUT2D eigenvalue weighted by molar-refractivity contribution is 0.233. The van der Waals surface area contributed by atoms with Gasteiger partial charge in [0.15, 0.2) is 0 Å². The summed E-state index contributed by atoms with van der Waals surface area (Å²) in [4.78, 5) is 16.5. The van der Waals surface area contributed by atoms with Crippen molar-refractivity contribution < 1.29 is 4.79 Å². The summed E-state index contributed by atoms with van der Waals surface area (Å²) in [7, 11) is 0. The number of aromatic nitrogens is 2. The molecule has 2 heterocycles. The van der Waals surface area contributed by atoms with Crippen molar-refractivity contribution in [1.29, 1.82) is 0 Å². The average molecular weight is 328 g/mol. The van der Waals surface area contributed by atoms with E-state index in [1.807, 2.05) is 12.3 Å². The van der Waals surface area contributed by atoms with Crippen LogP contribution in [0.15, 0.2) is 24.5 Å². The molecule has 2 amide bonds. The predicted octanol–water partition coefficient (Wildman–Crippen LogP) is 3.62. The SMILES string of the molecule is CCCn1cc(CCNC(=O)NC2CCCCC2)c2cccnc21. The number of hydrogen-bond acceptors (Lipinski definition) is 2.